The number of carboxylic acids is 1. The number of anilines is 1. The predicted molar refractivity (Wildman–Crippen MR) is 147 cm³/mol. The van der Waals surface area contributed by atoms with Gasteiger partial charge in [0, 0.05) is 32.4 Å². The molecule has 3 unspecified atom stereocenters. The first-order chi connectivity index (χ1) is 18.7. The molecule has 1 aliphatic heterocycles. The van der Waals surface area contributed by atoms with Gasteiger partial charge in [0.05, 0.1) is 6.10 Å². The van der Waals surface area contributed by atoms with E-state index in [1.807, 2.05) is 4.90 Å². The zero-order chi connectivity index (χ0) is 28.3. The van der Waals surface area contributed by atoms with Gasteiger partial charge in [-0.3, -0.25) is 4.79 Å². The van der Waals surface area contributed by atoms with Crippen LogP contribution >= 0.6 is 0 Å². The number of hydrogen-bond acceptors (Lipinski definition) is 7. The van der Waals surface area contributed by atoms with Gasteiger partial charge in [0.25, 0.3) is 5.91 Å². The lowest BCUT2D eigenvalue weighted by Crippen LogP contribution is -2.50. The van der Waals surface area contributed by atoms with E-state index in [0.717, 1.165) is 50.2 Å². The van der Waals surface area contributed by atoms with Crippen LogP contribution < -0.4 is 10.6 Å². The number of carbonyl (C=O) groups is 2. The van der Waals surface area contributed by atoms with Crippen LogP contribution in [0.25, 0.3) is 0 Å². The summed E-state index contributed by atoms with van der Waals surface area (Å²) in [6.45, 7) is 2.85. The van der Waals surface area contributed by atoms with Crippen LogP contribution in [0.1, 0.15) is 49.4 Å². The Balaban J connectivity index is 1.55. The van der Waals surface area contributed by atoms with E-state index >= 15 is 0 Å². The maximum Gasteiger partial charge on any atom is 0.326 e. The number of aromatic nitrogens is 1. The molecule has 9 nitrogen and oxygen atoms in total. The highest BCUT2D eigenvalue weighted by molar-refractivity contribution is 5.89. The molecule has 1 aromatic heterocycles. The zero-order valence-electron chi connectivity index (χ0n) is 22.9. The fourth-order valence-electron chi connectivity index (χ4n) is 4.68. The lowest BCUT2D eigenvalue weighted by molar-refractivity contribution is -0.147. The average molecular weight is 545 g/mol. The summed E-state index contributed by atoms with van der Waals surface area (Å²) in [6, 6.07) is 11.3. The Hall–Kier alpha value is -3.08. The number of aliphatic hydroxyl groups is 1. The van der Waals surface area contributed by atoms with Crippen LogP contribution in [-0.4, -0.2) is 84.1 Å². The van der Waals surface area contributed by atoms with Gasteiger partial charge < -0.3 is 30.5 Å². The second-order valence-corrected chi connectivity index (χ2v) is 10.2. The number of aliphatic carboxylic acids is 1. The third-order valence-electron chi connectivity index (χ3n) is 7.19. The van der Waals surface area contributed by atoms with Crippen LogP contribution in [0.15, 0.2) is 42.5 Å². The van der Waals surface area contributed by atoms with Gasteiger partial charge in [0.15, 0.2) is 5.60 Å². The highest BCUT2D eigenvalue weighted by atomic mass is 19.1. The summed E-state index contributed by atoms with van der Waals surface area (Å²) >= 11 is 0. The van der Waals surface area contributed by atoms with Crippen molar-refractivity contribution < 1.29 is 28.9 Å². The number of benzene rings is 1. The smallest absolute Gasteiger partial charge is 0.326 e. The van der Waals surface area contributed by atoms with E-state index in [2.05, 4.69) is 22.8 Å². The number of carbonyl (C=O) groups excluding carboxylic acids is 1. The Morgan fingerprint density at radius 1 is 1.21 bits per heavy atom. The Morgan fingerprint density at radius 3 is 2.67 bits per heavy atom. The molecule has 0 radical (unpaired) electrons. The number of hydrogen-bond donors (Lipinski definition) is 4. The van der Waals surface area contributed by atoms with Crippen LogP contribution in [0.4, 0.5) is 10.2 Å². The highest BCUT2D eigenvalue weighted by Gasteiger charge is 2.35. The summed E-state index contributed by atoms with van der Waals surface area (Å²) in [5, 5.41) is 26.3. The van der Waals surface area contributed by atoms with Crippen LogP contribution in [0, 0.1) is 0 Å². The summed E-state index contributed by atoms with van der Waals surface area (Å²) in [6.07, 6.45) is 4.10. The molecule has 39 heavy (non-hydrogen) atoms. The van der Waals surface area contributed by atoms with Crippen molar-refractivity contribution in [1.82, 2.24) is 15.2 Å². The zero-order valence-corrected chi connectivity index (χ0v) is 22.9. The van der Waals surface area contributed by atoms with Crippen molar-refractivity contribution in [3.8, 4) is 0 Å². The van der Waals surface area contributed by atoms with Crippen molar-refractivity contribution in [2.24, 2.45) is 0 Å². The van der Waals surface area contributed by atoms with Gasteiger partial charge in [-0.25, -0.2) is 14.2 Å². The molecule has 0 bridgehead atoms. The Labute approximate surface area is 229 Å². The number of fused-ring (bicyclic) bond motifs is 1. The molecular formula is C29H41FN4O5. The van der Waals surface area contributed by atoms with Crippen molar-refractivity contribution in [2.45, 2.75) is 63.2 Å². The molecule has 0 spiro atoms. The quantitative estimate of drug-likeness (QED) is 0.238. The summed E-state index contributed by atoms with van der Waals surface area (Å²) in [5.74, 6) is -1.02. The van der Waals surface area contributed by atoms with Gasteiger partial charge in [-0.1, -0.05) is 36.4 Å². The van der Waals surface area contributed by atoms with Crippen LogP contribution in [0.3, 0.4) is 0 Å². The Kier molecular flexibility index (Phi) is 11.6. The van der Waals surface area contributed by atoms with E-state index in [1.54, 1.807) is 30.3 Å². The highest BCUT2D eigenvalue weighted by Crippen LogP contribution is 2.22. The van der Waals surface area contributed by atoms with Gasteiger partial charge in [0.1, 0.15) is 18.5 Å². The third-order valence-corrected chi connectivity index (χ3v) is 7.19. The normalized spacial score (nSPS) is 16.0. The number of halogens is 1. The molecule has 214 valence electrons. The van der Waals surface area contributed by atoms with Gasteiger partial charge in [-0.05, 0) is 69.2 Å². The third kappa shape index (κ3) is 8.98. The fraction of sp³-hybridized carbons (Fsp3) is 0.552. The summed E-state index contributed by atoms with van der Waals surface area (Å²) in [5.41, 5.74) is 0.749. The fourth-order valence-corrected chi connectivity index (χ4v) is 4.68. The molecule has 0 aliphatic carbocycles. The lowest BCUT2D eigenvalue weighted by atomic mass is 9.94. The molecule has 1 aliphatic rings. The molecule has 2 heterocycles. The summed E-state index contributed by atoms with van der Waals surface area (Å²) in [7, 11) is 1.45. The van der Waals surface area contributed by atoms with Gasteiger partial charge in [0.2, 0.25) is 0 Å². The Morgan fingerprint density at radius 2 is 1.97 bits per heavy atom. The number of unbranched alkanes of at least 4 members (excludes halogenated alkanes) is 1. The lowest BCUT2D eigenvalue weighted by Gasteiger charge is -2.28. The van der Waals surface area contributed by atoms with Gasteiger partial charge >= 0.3 is 5.97 Å². The predicted octanol–water partition coefficient (Wildman–Crippen LogP) is 2.92. The number of nitrogens with one attached hydrogen (secondary N) is 2. The first-order valence-electron chi connectivity index (χ1n) is 13.6. The van der Waals surface area contributed by atoms with E-state index < -0.39 is 36.3 Å². The number of ether oxygens (including phenoxy) is 1. The van der Waals surface area contributed by atoms with Crippen molar-refractivity contribution in [3.63, 3.8) is 0 Å². The Bertz CT molecular complexity index is 1060. The maximum absolute atomic E-state index is 13.4. The van der Waals surface area contributed by atoms with E-state index in [-0.39, 0.29) is 6.42 Å². The van der Waals surface area contributed by atoms with Gasteiger partial charge in [-0.2, -0.15) is 0 Å². The van der Waals surface area contributed by atoms with E-state index in [0.29, 0.717) is 25.2 Å². The largest absolute Gasteiger partial charge is 0.480 e. The standard InChI is InChI=1S/C29H41FN4O5/c1-29(38,22-10-4-3-5-11-22)28(37)33-25(27(35)36)15-18-34(20-24(19-30)39-2)17-7-6-12-23-14-13-21-9-8-16-31-26(21)32-23/h3-5,10-11,13-14,24-25,38H,6-9,12,15-20H2,1-2H3,(H,31,32)(H,33,37)(H,35,36). The molecule has 1 aromatic carbocycles. The maximum atomic E-state index is 13.4. The number of nitrogens with zero attached hydrogens (tertiary/aromatic N) is 2. The SMILES string of the molecule is COC(CF)CN(CCCCc1ccc2c(n1)NCCC2)CCC(NC(=O)C(C)(O)c1ccccc1)C(=O)O. The molecule has 3 atom stereocenters. The molecule has 10 heteroatoms. The van der Waals surface area contributed by atoms with E-state index in [4.69, 9.17) is 9.72 Å². The summed E-state index contributed by atoms with van der Waals surface area (Å²) < 4.78 is 18.6. The number of amides is 1. The summed E-state index contributed by atoms with van der Waals surface area (Å²) in [4.78, 5) is 31.5. The van der Waals surface area contributed by atoms with Crippen molar-refractivity contribution in [3.05, 3.63) is 59.3 Å². The number of methoxy groups -OCH3 is 1. The molecule has 0 saturated heterocycles. The topological polar surface area (TPSA) is 124 Å². The molecule has 3 rings (SSSR count). The van der Waals surface area contributed by atoms with Crippen molar-refractivity contribution in [1.29, 1.82) is 0 Å². The van der Waals surface area contributed by atoms with Gasteiger partial charge in [-0.15, -0.1) is 0 Å². The number of aryl methyl sites for hydroxylation is 2. The molecule has 1 amide bonds. The molecular weight excluding hydrogens is 503 g/mol. The van der Waals surface area contributed by atoms with E-state index in [1.165, 1.54) is 19.6 Å². The molecule has 4 N–H and O–H groups in total. The van der Waals surface area contributed by atoms with Crippen molar-refractivity contribution >= 4 is 17.7 Å². The minimum Gasteiger partial charge on any atom is -0.480 e. The molecule has 0 fully saturated rings. The molecule has 2 aromatic rings. The minimum absolute atomic E-state index is 0.0900. The van der Waals surface area contributed by atoms with E-state index in [9.17, 15) is 24.2 Å². The number of pyridine rings is 1. The minimum atomic E-state index is -1.88. The van der Waals surface area contributed by atoms with Crippen LogP contribution in [0.5, 0.6) is 0 Å². The number of rotatable bonds is 16. The first-order valence-corrected chi connectivity index (χ1v) is 13.6. The number of carboxylic acid groups (broad SMARTS) is 1. The van der Waals surface area contributed by atoms with Crippen LogP contribution in [0.2, 0.25) is 0 Å². The monoisotopic (exact) mass is 544 g/mol. The second kappa shape index (κ2) is 14.9. The van der Waals surface area contributed by atoms with Crippen molar-refractivity contribution in [2.75, 3.05) is 45.3 Å². The first kappa shape index (κ1) is 30.5. The van der Waals surface area contributed by atoms with Crippen LogP contribution in [-0.2, 0) is 32.8 Å². The number of alkyl halides is 1. The average Bonchev–Trinajstić information content (AvgIpc) is 2.95. The second-order valence-electron chi connectivity index (χ2n) is 10.2. The molecule has 0 saturated carbocycles.